The lowest BCUT2D eigenvalue weighted by atomic mass is 10.1. The number of aromatic nitrogens is 3. The van der Waals surface area contributed by atoms with Crippen LogP contribution in [0.1, 0.15) is 42.3 Å². The van der Waals surface area contributed by atoms with E-state index < -0.39 is 0 Å². The lowest BCUT2D eigenvalue weighted by Gasteiger charge is -2.27. The second-order valence-corrected chi connectivity index (χ2v) is 4.92. The molecule has 2 aromatic rings. The molecule has 1 atom stereocenters. The number of aryl methyl sites for hydroxylation is 1. The van der Waals surface area contributed by atoms with E-state index in [4.69, 9.17) is 0 Å². The van der Waals surface area contributed by atoms with Gasteiger partial charge in [0, 0.05) is 12.6 Å². The van der Waals surface area contributed by atoms with E-state index >= 15 is 0 Å². The largest absolute Gasteiger partial charge is 0.329 e. The quantitative estimate of drug-likeness (QED) is 0.910. The molecule has 0 aliphatic rings. The number of carbonyl (C=O) groups excluding carboxylic acids is 1. The molecule has 2 rings (SSSR count). The smallest absolute Gasteiger partial charge is 0.294 e. The summed E-state index contributed by atoms with van der Waals surface area (Å²) in [4.78, 5) is 18.5. The maximum Gasteiger partial charge on any atom is 0.294 e. The van der Waals surface area contributed by atoms with Crippen molar-refractivity contribution in [2.45, 2.75) is 39.8 Å². The molecule has 0 saturated heterocycles. The number of hydrogen-bond donors (Lipinski definition) is 1. The van der Waals surface area contributed by atoms with Crippen LogP contribution in [0.2, 0.25) is 0 Å². The Morgan fingerprint density at radius 3 is 2.60 bits per heavy atom. The Balaban J connectivity index is 2.21. The molecule has 0 spiro atoms. The van der Waals surface area contributed by atoms with Crippen LogP contribution in [-0.4, -0.2) is 32.0 Å². The van der Waals surface area contributed by atoms with Gasteiger partial charge in [0.1, 0.15) is 5.82 Å². The summed E-state index contributed by atoms with van der Waals surface area (Å²) in [7, 11) is 0. The van der Waals surface area contributed by atoms with Crippen LogP contribution >= 0.6 is 0 Å². The van der Waals surface area contributed by atoms with Gasteiger partial charge >= 0.3 is 0 Å². The average molecular weight is 272 g/mol. The molecule has 0 fully saturated rings. The SMILES string of the molecule is CCC(C)N(Cc1ccccc1)C(=O)c1n[nH]c(C)n1. The van der Waals surface area contributed by atoms with E-state index in [9.17, 15) is 4.79 Å². The fraction of sp³-hybridized carbons (Fsp3) is 0.400. The highest BCUT2D eigenvalue weighted by Gasteiger charge is 2.23. The molecule has 0 radical (unpaired) electrons. The van der Waals surface area contributed by atoms with Crippen LogP contribution in [0.3, 0.4) is 0 Å². The predicted molar refractivity (Wildman–Crippen MR) is 77.2 cm³/mol. The molecule has 1 aromatic carbocycles. The summed E-state index contributed by atoms with van der Waals surface area (Å²) >= 11 is 0. The van der Waals surface area contributed by atoms with E-state index in [2.05, 4.69) is 22.1 Å². The van der Waals surface area contributed by atoms with Crippen molar-refractivity contribution in [2.24, 2.45) is 0 Å². The zero-order chi connectivity index (χ0) is 14.5. The lowest BCUT2D eigenvalue weighted by Crippen LogP contribution is -2.38. The van der Waals surface area contributed by atoms with Gasteiger partial charge in [-0.3, -0.25) is 9.89 Å². The van der Waals surface area contributed by atoms with Crippen LogP contribution in [0.25, 0.3) is 0 Å². The maximum atomic E-state index is 12.5. The van der Waals surface area contributed by atoms with E-state index in [1.807, 2.05) is 42.2 Å². The minimum absolute atomic E-state index is 0.132. The Morgan fingerprint density at radius 1 is 1.35 bits per heavy atom. The minimum atomic E-state index is -0.132. The number of carbonyl (C=O) groups is 1. The van der Waals surface area contributed by atoms with Gasteiger partial charge in [-0.15, -0.1) is 5.10 Å². The summed E-state index contributed by atoms with van der Waals surface area (Å²) in [6.45, 7) is 6.47. The number of nitrogens with one attached hydrogen (secondary N) is 1. The summed E-state index contributed by atoms with van der Waals surface area (Å²) in [6.07, 6.45) is 0.891. The van der Waals surface area contributed by atoms with Crippen LogP contribution < -0.4 is 0 Å². The van der Waals surface area contributed by atoms with Crippen molar-refractivity contribution >= 4 is 5.91 Å². The Labute approximate surface area is 119 Å². The van der Waals surface area contributed by atoms with Crippen molar-refractivity contribution in [3.8, 4) is 0 Å². The van der Waals surface area contributed by atoms with Gasteiger partial charge in [0.2, 0.25) is 5.82 Å². The molecular formula is C15H20N4O. The second-order valence-electron chi connectivity index (χ2n) is 4.92. The molecule has 20 heavy (non-hydrogen) atoms. The summed E-state index contributed by atoms with van der Waals surface area (Å²) in [6, 6.07) is 10.1. The lowest BCUT2D eigenvalue weighted by molar-refractivity contribution is 0.0659. The Morgan fingerprint density at radius 2 is 2.05 bits per heavy atom. The topological polar surface area (TPSA) is 61.9 Å². The van der Waals surface area contributed by atoms with Gasteiger partial charge < -0.3 is 4.90 Å². The first-order valence-electron chi connectivity index (χ1n) is 6.85. The molecule has 1 unspecified atom stereocenters. The van der Waals surface area contributed by atoms with Crippen LogP contribution in [0.4, 0.5) is 0 Å². The van der Waals surface area contributed by atoms with E-state index in [1.165, 1.54) is 0 Å². The first-order valence-corrected chi connectivity index (χ1v) is 6.85. The van der Waals surface area contributed by atoms with E-state index in [0.717, 1.165) is 12.0 Å². The molecule has 106 valence electrons. The second kappa shape index (κ2) is 6.32. The highest BCUT2D eigenvalue weighted by molar-refractivity contribution is 5.90. The Hall–Kier alpha value is -2.17. The zero-order valence-electron chi connectivity index (χ0n) is 12.1. The fourth-order valence-corrected chi connectivity index (χ4v) is 2.00. The first-order chi connectivity index (χ1) is 9.61. The number of H-pyrrole nitrogens is 1. The molecule has 0 aliphatic carbocycles. The number of nitrogens with zero attached hydrogens (tertiary/aromatic N) is 3. The number of hydrogen-bond acceptors (Lipinski definition) is 3. The van der Waals surface area contributed by atoms with Crippen molar-refractivity contribution in [3.63, 3.8) is 0 Å². The molecule has 0 aliphatic heterocycles. The fourth-order valence-electron chi connectivity index (χ4n) is 2.00. The summed E-state index contributed by atoms with van der Waals surface area (Å²) in [5, 5.41) is 6.68. The van der Waals surface area contributed by atoms with E-state index in [0.29, 0.717) is 12.4 Å². The standard InChI is InChI=1S/C15H20N4O/c1-4-11(2)19(10-13-8-6-5-7-9-13)15(20)14-16-12(3)17-18-14/h5-9,11H,4,10H2,1-3H3,(H,16,17,18). The molecule has 1 N–H and O–H groups in total. The maximum absolute atomic E-state index is 12.5. The third kappa shape index (κ3) is 3.23. The normalized spacial score (nSPS) is 12.2. The number of amides is 1. The van der Waals surface area contributed by atoms with Crippen molar-refractivity contribution in [1.29, 1.82) is 0 Å². The summed E-state index contributed by atoms with van der Waals surface area (Å²) in [5.74, 6) is 0.753. The molecule has 1 heterocycles. The molecule has 1 aromatic heterocycles. The third-order valence-corrected chi connectivity index (χ3v) is 3.37. The van der Waals surface area contributed by atoms with Crippen molar-refractivity contribution in [3.05, 3.63) is 47.5 Å². The summed E-state index contributed by atoms with van der Waals surface area (Å²) in [5.41, 5.74) is 1.11. The molecule has 5 nitrogen and oxygen atoms in total. The van der Waals surface area contributed by atoms with Gasteiger partial charge in [-0.05, 0) is 25.8 Å². The van der Waals surface area contributed by atoms with Crippen molar-refractivity contribution in [2.75, 3.05) is 0 Å². The van der Waals surface area contributed by atoms with E-state index in [-0.39, 0.29) is 17.8 Å². The van der Waals surface area contributed by atoms with Crippen molar-refractivity contribution in [1.82, 2.24) is 20.1 Å². The molecule has 1 amide bonds. The van der Waals surface area contributed by atoms with Gasteiger partial charge in [0.05, 0.1) is 0 Å². The number of benzene rings is 1. The first kappa shape index (κ1) is 14.2. The van der Waals surface area contributed by atoms with Gasteiger partial charge in [0.15, 0.2) is 0 Å². The monoisotopic (exact) mass is 272 g/mol. The van der Waals surface area contributed by atoms with Crippen molar-refractivity contribution < 1.29 is 4.79 Å². The van der Waals surface area contributed by atoms with Gasteiger partial charge in [-0.25, -0.2) is 4.98 Å². The molecule has 0 bridgehead atoms. The van der Waals surface area contributed by atoms with Crippen LogP contribution in [-0.2, 0) is 6.54 Å². The highest BCUT2D eigenvalue weighted by atomic mass is 16.2. The Bertz CT molecular complexity index is 564. The predicted octanol–water partition coefficient (Wildman–Crippen LogP) is 2.55. The van der Waals surface area contributed by atoms with Gasteiger partial charge in [-0.2, -0.15) is 0 Å². The van der Waals surface area contributed by atoms with Crippen LogP contribution in [0, 0.1) is 6.92 Å². The Kier molecular flexibility index (Phi) is 4.50. The highest BCUT2D eigenvalue weighted by Crippen LogP contribution is 2.13. The van der Waals surface area contributed by atoms with Gasteiger partial charge in [-0.1, -0.05) is 37.3 Å². The minimum Gasteiger partial charge on any atom is -0.329 e. The number of rotatable bonds is 5. The van der Waals surface area contributed by atoms with E-state index in [1.54, 1.807) is 6.92 Å². The van der Waals surface area contributed by atoms with Crippen LogP contribution in [0.5, 0.6) is 0 Å². The number of aromatic amines is 1. The molecular weight excluding hydrogens is 252 g/mol. The molecule has 5 heteroatoms. The molecule has 0 saturated carbocycles. The zero-order valence-corrected chi connectivity index (χ0v) is 12.1. The third-order valence-electron chi connectivity index (χ3n) is 3.37. The van der Waals surface area contributed by atoms with Gasteiger partial charge in [0.25, 0.3) is 5.91 Å². The van der Waals surface area contributed by atoms with Crippen LogP contribution in [0.15, 0.2) is 30.3 Å². The summed E-state index contributed by atoms with van der Waals surface area (Å²) < 4.78 is 0. The average Bonchev–Trinajstić information content (AvgIpc) is 2.91.